The number of amides is 1. The van der Waals surface area contributed by atoms with Gasteiger partial charge in [0, 0.05) is 18.9 Å². The standard InChI is InChI=1S/C23H28N2O/c1-2-19(20-9-5-3-6-10-20)17-24-23(26)18-25-15-13-22(14-16-25)21-11-7-4-8-12-21/h3-13,19H,2,14-18H2,1H3,(H,24,26)/p+1/t19-/m0/s1. The van der Waals surface area contributed by atoms with Gasteiger partial charge in [0.05, 0.1) is 13.1 Å². The van der Waals surface area contributed by atoms with Crippen LogP contribution < -0.4 is 10.2 Å². The maximum absolute atomic E-state index is 12.4. The normalized spacial score (nSPS) is 18.0. The van der Waals surface area contributed by atoms with E-state index in [4.69, 9.17) is 0 Å². The summed E-state index contributed by atoms with van der Waals surface area (Å²) >= 11 is 0. The van der Waals surface area contributed by atoms with E-state index in [1.807, 2.05) is 12.1 Å². The Morgan fingerprint density at radius 2 is 1.77 bits per heavy atom. The number of quaternary nitrogens is 1. The minimum Gasteiger partial charge on any atom is -0.351 e. The smallest absolute Gasteiger partial charge is 0.275 e. The van der Waals surface area contributed by atoms with Crippen LogP contribution in [0.15, 0.2) is 66.7 Å². The molecule has 26 heavy (non-hydrogen) atoms. The lowest BCUT2D eigenvalue weighted by Gasteiger charge is -2.24. The number of hydrogen-bond acceptors (Lipinski definition) is 1. The van der Waals surface area contributed by atoms with Crippen molar-refractivity contribution >= 4 is 11.5 Å². The van der Waals surface area contributed by atoms with Crippen molar-refractivity contribution < 1.29 is 9.69 Å². The van der Waals surface area contributed by atoms with Gasteiger partial charge in [0.15, 0.2) is 6.54 Å². The van der Waals surface area contributed by atoms with Gasteiger partial charge in [-0.1, -0.05) is 67.6 Å². The molecule has 0 saturated heterocycles. The highest BCUT2D eigenvalue weighted by atomic mass is 16.2. The first-order valence-corrected chi connectivity index (χ1v) is 9.66. The molecule has 1 amide bonds. The van der Waals surface area contributed by atoms with Gasteiger partial charge in [0.2, 0.25) is 0 Å². The number of carbonyl (C=O) groups excluding carboxylic acids is 1. The van der Waals surface area contributed by atoms with E-state index in [0.717, 1.165) is 32.5 Å². The number of hydrogen-bond donors (Lipinski definition) is 2. The Kier molecular flexibility index (Phi) is 6.62. The lowest BCUT2D eigenvalue weighted by molar-refractivity contribution is -0.886. The van der Waals surface area contributed by atoms with Gasteiger partial charge in [-0.05, 0) is 29.2 Å². The second kappa shape index (κ2) is 9.35. The maximum Gasteiger partial charge on any atom is 0.275 e. The van der Waals surface area contributed by atoms with Crippen molar-refractivity contribution in [3.8, 4) is 0 Å². The third kappa shape index (κ3) is 5.06. The first-order chi connectivity index (χ1) is 12.8. The largest absolute Gasteiger partial charge is 0.351 e. The van der Waals surface area contributed by atoms with Crippen molar-refractivity contribution in [3.63, 3.8) is 0 Å². The summed E-state index contributed by atoms with van der Waals surface area (Å²) < 4.78 is 0. The van der Waals surface area contributed by atoms with Gasteiger partial charge in [-0.15, -0.1) is 0 Å². The second-order valence-corrected chi connectivity index (χ2v) is 7.05. The molecule has 2 atom stereocenters. The summed E-state index contributed by atoms with van der Waals surface area (Å²) in [5.74, 6) is 0.548. The number of benzene rings is 2. The van der Waals surface area contributed by atoms with Crippen LogP contribution in [-0.2, 0) is 4.79 Å². The molecule has 136 valence electrons. The molecular weight excluding hydrogens is 320 g/mol. The van der Waals surface area contributed by atoms with Gasteiger partial charge >= 0.3 is 0 Å². The van der Waals surface area contributed by atoms with Crippen LogP contribution in [0.2, 0.25) is 0 Å². The fraction of sp³-hybridized carbons (Fsp3) is 0.348. The van der Waals surface area contributed by atoms with Crippen molar-refractivity contribution in [3.05, 3.63) is 77.9 Å². The molecule has 3 rings (SSSR count). The van der Waals surface area contributed by atoms with Gasteiger partial charge in [0.25, 0.3) is 5.91 Å². The molecule has 2 aromatic carbocycles. The maximum atomic E-state index is 12.4. The monoisotopic (exact) mass is 349 g/mol. The lowest BCUT2D eigenvalue weighted by atomic mass is 9.96. The predicted molar refractivity (Wildman–Crippen MR) is 107 cm³/mol. The van der Waals surface area contributed by atoms with E-state index in [-0.39, 0.29) is 5.91 Å². The minimum absolute atomic E-state index is 0.158. The summed E-state index contributed by atoms with van der Waals surface area (Å²) in [6.45, 7) is 5.40. The molecule has 0 saturated carbocycles. The molecule has 1 aliphatic rings. The van der Waals surface area contributed by atoms with Crippen molar-refractivity contribution in [2.75, 3.05) is 26.2 Å². The van der Waals surface area contributed by atoms with E-state index in [1.165, 1.54) is 21.6 Å². The van der Waals surface area contributed by atoms with Crippen LogP contribution in [0.25, 0.3) is 5.57 Å². The third-order valence-corrected chi connectivity index (χ3v) is 5.25. The molecule has 0 radical (unpaired) electrons. The zero-order valence-corrected chi connectivity index (χ0v) is 15.6. The fourth-order valence-electron chi connectivity index (χ4n) is 3.61. The zero-order chi connectivity index (χ0) is 18.2. The first-order valence-electron chi connectivity index (χ1n) is 9.66. The molecule has 3 heteroatoms. The summed E-state index contributed by atoms with van der Waals surface area (Å²) in [4.78, 5) is 13.7. The molecule has 0 fully saturated rings. The van der Waals surface area contributed by atoms with Crippen LogP contribution in [0.4, 0.5) is 0 Å². The lowest BCUT2D eigenvalue weighted by Crippen LogP contribution is -3.13. The molecule has 0 spiro atoms. The van der Waals surface area contributed by atoms with Crippen LogP contribution in [-0.4, -0.2) is 32.1 Å². The minimum atomic E-state index is 0.158. The highest BCUT2D eigenvalue weighted by Crippen LogP contribution is 2.18. The van der Waals surface area contributed by atoms with Crippen molar-refractivity contribution in [2.45, 2.75) is 25.7 Å². The Labute approximate surface area is 156 Å². The summed E-state index contributed by atoms with van der Waals surface area (Å²) in [7, 11) is 0. The van der Waals surface area contributed by atoms with E-state index < -0.39 is 0 Å². The summed E-state index contributed by atoms with van der Waals surface area (Å²) in [5, 5.41) is 3.14. The van der Waals surface area contributed by atoms with E-state index in [2.05, 4.69) is 66.8 Å². The average molecular weight is 349 g/mol. The Morgan fingerprint density at radius 1 is 1.08 bits per heavy atom. The zero-order valence-electron chi connectivity index (χ0n) is 15.6. The van der Waals surface area contributed by atoms with E-state index in [0.29, 0.717) is 12.5 Å². The summed E-state index contributed by atoms with van der Waals surface area (Å²) in [6, 6.07) is 21.0. The van der Waals surface area contributed by atoms with Gasteiger partial charge < -0.3 is 10.2 Å². The summed E-state index contributed by atoms with van der Waals surface area (Å²) in [6.07, 6.45) is 4.36. The molecule has 0 bridgehead atoms. The molecule has 1 heterocycles. The highest BCUT2D eigenvalue weighted by molar-refractivity contribution is 5.77. The fourth-order valence-corrected chi connectivity index (χ4v) is 3.61. The predicted octanol–water partition coefficient (Wildman–Crippen LogP) is 2.67. The Hall–Kier alpha value is -2.39. The van der Waals surface area contributed by atoms with E-state index >= 15 is 0 Å². The second-order valence-electron chi connectivity index (χ2n) is 7.05. The highest BCUT2D eigenvalue weighted by Gasteiger charge is 2.19. The van der Waals surface area contributed by atoms with Crippen molar-refractivity contribution in [1.82, 2.24) is 5.32 Å². The number of nitrogens with one attached hydrogen (secondary N) is 2. The van der Waals surface area contributed by atoms with Gasteiger partial charge in [-0.25, -0.2) is 0 Å². The Balaban J connectivity index is 1.46. The van der Waals surface area contributed by atoms with Crippen LogP contribution in [0.5, 0.6) is 0 Å². The first kappa shape index (κ1) is 18.4. The molecule has 3 nitrogen and oxygen atoms in total. The van der Waals surface area contributed by atoms with E-state index in [1.54, 1.807) is 0 Å². The molecule has 1 unspecified atom stereocenters. The average Bonchev–Trinajstić information content (AvgIpc) is 2.70. The topological polar surface area (TPSA) is 33.5 Å². The van der Waals surface area contributed by atoms with Crippen LogP contribution >= 0.6 is 0 Å². The van der Waals surface area contributed by atoms with Crippen LogP contribution in [0.3, 0.4) is 0 Å². The third-order valence-electron chi connectivity index (χ3n) is 5.25. The number of rotatable bonds is 7. The SMILES string of the molecule is CC[C@@H](CNC(=O)C[NH+]1CC=C(c2ccccc2)CC1)c1ccccc1. The van der Waals surface area contributed by atoms with Gasteiger partial charge in [0.1, 0.15) is 0 Å². The molecular formula is C23H29N2O+. The Morgan fingerprint density at radius 3 is 2.38 bits per heavy atom. The summed E-state index contributed by atoms with van der Waals surface area (Å²) in [5.41, 5.74) is 4.02. The molecule has 0 aromatic heterocycles. The van der Waals surface area contributed by atoms with Gasteiger partial charge in [-0.2, -0.15) is 0 Å². The Bertz CT molecular complexity index is 724. The quantitative estimate of drug-likeness (QED) is 0.792. The molecule has 0 aliphatic carbocycles. The van der Waals surface area contributed by atoms with Gasteiger partial charge in [-0.3, -0.25) is 4.79 Å². The molecule has 2 N–H and O–H groups in total. The number of carbonyl (C=O) groups is 1. The molecule has 2 aromatic rings. The van der Waals surface area contributed by atoms with Crippen LogP contribution in [0.1, 0.15) is 36.8 Å². The van der Waals surface area contributed by atoms with Crippen LogP contribution in [0, 0.1) is 0 Å². The van der Waals surface area contributed by atoms with Crippen molar-refractivity contribution in [2.24, 2.45) is 0 Å². The van der Waals surface area contributed by atoms with Crippen molar-refractivity contribution in [1.29, 1.82) is 0 Å². The van der Waals surface area contributed by atoms with E-state index in [9.17, 15) is 4.79 Å². The molecule has 1 aliphatic heterocycles.